The molecule has 0 amide bonds. The second kappa shape index (κ2) is 5.77. The van der Waals surface area contributed by atoms with Gasteiger partial charge in [-0.25, -0.2) is 4.98 Å². The van der Waals surface area contributed by atoms with Gasteiger partial charge in [-0.2, -0.15) is 0 Å². The SMILES string of the molecule is COCC1CCN(Cc2cc3ccccc3nc2N)C1. The lowest BCUT2D eigenvalue weighted by Gasteiger charge is -2.17. The molecule has 1 saturated heterocycles. The molecule has 0 aliphatic carbocycles. The zero-order chi connectivity index (χ0) is 13.9. The normalized spacial score (nSPS) is 19.8. The van der Waals surface area contributed by atoms with Crippen molar-refractivity contribution in [2.24, 2.45) is 5.92 Å². The number of para-hydroxylation sites is 1. The van der Waals surface area contributed by atoms with Crippen LogP contribution >= 0.6 is 0 Å². The summed E-state index contributed by atoms with van der Waals surface area (Å²) in [4.78, 5) is 6.94. The Balaban J connectivity index is 1.76. The van der Waals surface area contributed by atoms with Gasteiger partial charge < -0.3 is 10.5 Å². The van der Waals surface area contributed by atoms with Crippen LogP contribution in [0, 0.1) is 5.92 Å². The molecule has 1 atom stereocenters. The van der Waals surface area contributed by atoms with Gasteiger partial charge in [0, 0.05) is 31.1 Å². The van der Waals surface area contributed by atoms with Crippen LogP contribution < -0.4 is 5.73 Å². The summed E-state index contributed by atoms with van der Waals surface area (Å²) in [6, 6.07) is 10.3. The Bertz CT molecular complexity index is 599. The summed E-state index contributed by atoms with van der Waals surface area (Å²) in [5.41, 5.74) is 8.19. The fourth-order valence-corrected chi connectivity index (χ4v) is 2.97. The molecule has 0 saturated carbocycles. The molecule has 1 aromatic heterocycles. The number of nitrogen functional groups attached to an aromatic ring is 1. The lowest BCUT2D eigenvalue weighted by atomic mass is 10.1. The van der Waals surface area contributed by atoms with E-state index in [0.717, 1.165) is 42.7 Å². The van der Waals surface area contributed by atoms with Crippen LogP contribution in [0.3, 0.4) is 0 Å². The molecule has 1 aliphatic heterocycles. The van der Waals surface area contributed by atoms with Crippen LogP contribution in [0.25, 0.3) is 10.9 Å². The van der Waals surface area contributed by atoms with E-state index in [1.165, 1.54) is 6.42 Å². The Morgan fingerprint density at radius 1 is 1.40 bits per heavy atom. The Labute approximate surface area is 119 Å². The van der Waals surface area contributed by atoms with Gasteiger partial charge in [-0.05, 0) is 31.0 Å². The van der Waals surface area contributed by atoms with E-state index >= 15 is 0 Å². The van der Waals surface area contributed by atoms with E-state index in [9.17, 15) is 0 Å². The zero-order valence-electron chi connectivity index (χ0n) is 11.9. The van der Waals surface area contributed by atoms with Crippen LogP contribution in [0.2, 0.25) is 0 Å². The first-order valence-electron chi connectivity index (χ1n) is 7.11. The van der Waals surface area contributed by atoms with Crippen molar-refractivity contribution in [2.45, 2.75) is 13.0 Å². The number of anilines is 1. The molecule has 0 radical (unpaired) electrons. The molecule has 0 bridgehead atoms. The first kappa shape index (κ1) is 13.3. The number of rotatable bonds is 4. The second-order valence-electron chi connectivity index (χ2n) is 5.57. The van der Waals surface area contributed by atoms with E-state index in [4.69, 9.17) is 10.5 Å². The Kier molecular flexibility index (Phi) is 3.85. The number of nitrogens with two attached hydrogens (primary N) is 1. The number of fused-ring (bicyclic) bond motifs is 1. The Morgan fingerprint density at radius 2 is 2.25 bits per heavy atom. The average Bonchev–Trinajstić information content (AvgIpc) is 2.87. The molecular weight excluding hydrogens is 250 g/mol. The summed E-state index contributed by atoms with van der Waals surface area (Å²) in [5.74, 6) is 1.30. The molecule has 106 valence electrons. The third-order valence-corrected chi connectivity index (χ3v) is 4.00. The fraction of sp³-hybridized carbons (Fsp3) is 0.438. The van der Waals surface area contributed by atoms with Gasteiger partial charge in [0.25, 0.3) is 0 Å². The van der Waals surface area contributed by atoms with E-state index in [-0.39, 0.29) is 0 Å². The number of ether oxygens (including phenoxy) is 1. The summed E-state index contributed by atoms with van der Waals surface area (Å²) in [6.07, 6.45) is 1.20. The maximum atomic E-state index is 6.10. The number of methoxy groups -OCH3 is 1. The van der Waals surface area contributed by atoms with Crippen LogP contribution in [-0.4, -0.2) is 36.7 Å². The number of nitrogens with zero attached hydrogens (tertiary/aromatic N) is 2. The summed E-state index contributed by atoms with van der Waals surface area (Å²) < 4.78 is 5.24. The van der Waals surface area contributed by atoms with Gasteiger partial charge in [0.15, 0.2) is 0 Å². The maximum Gasteiger partial charge on any atom is 0.128 e. The fourth-order valence-electron chi connectivity index (χ4n) is 2.97. The standard InChI is InChI=1S/C16H21N3O/c1-20-11-12-6-7-19(9-12)10-14-8-13-4-2-3-5-15(13)18-16(14)17/h2-5,8,12H,6-7,9-11H2,1H3,(H2,17,18). The topological polar surface area (TPSA) is 51.4 Å². The monoisotopic (exact) mass is 271 g/mol. The molecule has 2 heterocycles. The third-order valence-electron chi connectivity index (χ3n) is 4.00. The summed E-state index contributed by atoms with van der Waals surface area (Å²) in [7, 11) is 1.77. The number of hydrogen-bond donors (Lipinski definition) is 1. The van der Waals surface area contributed by atoms with Crippen molar-refractivity contribution in [1.82, 2.24) is 9.88 Å². The van der Waals surface area contributed by atoms with E-state index in [0.29, 0.717) is 11.7 Å². The van der Waals surface area contributed by atoms with Crippen LogP contribution in [0.5, 0.6) is 0 Å². The second-order valence-corrected chi connectivity index (χ2v) is 5.57. The predicted molar refractivity (Wildman–Crippen MR) is 81.4 cm³/mol. The summed E-state index contributed by atoms with van der Waals surface area (Å²) in [6.45, 7) is 3.92. The van der Waals surface area contributed by atoms with E-state index in [2.05, 4.69) is 22.0 Å². The molecular formula is C16H21N3O. The number of aromatic nitrogens is 1. The first-order valence-corrected chi connectivity index (χ1v) is 7.11. The quantitative estimate of drug-likeness (QED) is 0.927. The highest BCUT2D eigenvalue weighted by atomic mass is 16.5. The van der Waals surface area contributed by atoms with Crippen molar-refractivity contribution in [3.63, 3.8) is 0 Å². The molecule has 0 spiro atoms. The maximum absolute atomic E-state index is 6.10. The number of pyridine rings is 1. The molecule has 20 heavy (non-hydrogen) atoms. The van der Waals surface area contributed by atoms with Crippen molar-refractivity contribution < 1.29 is 4.74 Å². The van der Waals surface area contributed by atoms with E-state index in [1.54, 1.807) is 7.11 Å². The third kappa shape index (κ3) is 2.76. The zero-order valence-corrected chi connectivity index (χ0v) is 11.9. The molecule has 2 aromatic rings. The highest BCUT2D eigenvalue weighted by Gasteiger charge is 2.22. The number of benzene rings is 1. The molecule has 4 nitrogen and oxygen atoms in total. The van der Waals surface area contributed by atoms with Gasteiger partial charge in [0.2, 0.25) is 0 Å². The van der Waals surface area contributed by atoms with Crippen molar-refractivity contribution in [3.8, 4) is 0 Å². The minimum atomic E-state index is 0.648. The Hall–Kier alpha value is -1.65. The number of hydrogen-bond acceptors (Lipinski definition) is 4. The largest absolute Gasteiger partial charge is 0.384 e. The van der Waals surface area contributed by atoms with Crippen molar-refractivity contribution in [3.05, 3.63) is 35.9 Å². The highest BCUT2D eigenvalue weighted by molar-refractivity contribution is 5.81. The van der Waals surface area contributed by atoms with Crippen LogP contribution in [0.4, 0.5) is 5.82 Å². The molecule has 4 heteroatoms. The first-order chi connectivity index (χ1) is 9.76. The van der Waals surface area contributed by atoms with Gasteiger partial charge in [0.1, 0.15) is 5.82 Å². The van der Waals surface area contributed by atoms with Gasteiger partial charge in [-0.1, -0.05) is 18.2 Å². The minimum Gasteiger partial charge on any atom is -0.384 e. The minimum absolute atomic E-state index is 0.648. The molecule has 1 aliphatic rings. The van der Waals surface area contributed by atoms with Gasteiger partial charge in [0.05, 0.1) is 12.1 Å². The smallest absolute Gasteiger partial charge is 0.128 e. The lowest BCUT2D eigenvalue weighted by molar-refractivity contribution is 0.152. The molecule has 3 rings (SSSR count). The average molecular weight is 271 g/mol. The molecule has 2 N–H and O–H groups in total. The Morgan fingerprint density at radius 3 is 3.10 bits per heavy atom. The van der Waals surface area contributed by atoms with E-state index < -0.39 is 0 Å². The van der Waals surface area contributed by atoms with Crippen LogP contribution in [-0.2, 0) is 11.3 Å². The summed E-state index contributed by atoms with van der Waals surface area (Å²) in [5, 5.41) is 1.16. The van der Waals surface area contributed by atoms with Gasteiger partial charge >= 0.3 is 0 Å². The van der Waals surface area contributed by atoms with Crippen molar-refractivity contribution >= 4 is 16.7 Å². The highest BCUT2D eigenvalue weighted by Crippen LogP contribution is 2.23. The predicted octanol–water partition coefficient (Wildman–Crippen LogP) is 2.29. The molecule has 1 fully saturated rings. The summed E-state index contributed by atoms with van der Waals surface area (Å²) >= 11 is 0. The van der Waals surface area contributed by atoms with E-state index in [1.807, 2.05) is 18.2 Å². The van der Waals surface area contributed by atoms with Crippen molar-refractivity contribution in [2.75, 3.05) is 32.5 Å². The van der Waals surface area contributed by atoms with Crippen LogP contribution in [0.15, 0.2) is 30.3 Å². The van der Waals surface area contributed by atoms with Crippen molar-refractivity contribution in [1.29, 1.82) is 0 Å². The van der Waals surface area contributed by atoms with Crippen LogP contribution in [0.1, 0.15) is 12.0 Å². The van der Waals surface area contributed by atoms with Gasteiger partial charge in [-0.15, -0.1) is 0 Å². The molecule has 1 aromatic carbocycles. The molecule has 1 unspecified atom stereocenters. The number of likely N-dealkylation sites (tertiary alicyclic amines) is 1. The van der Waals surface area contributed by atoms with Gasteiger partial charge in [-0.3, -0.25) is 4.90 Å². The lowest BCUT2D eigenvalue weighted by Crippen LogP contribution is -2.22.